The Morgan fingerprint density at radius 1 is 1.29 bits per heavy atom. The number of hydrogen-bond donors (Lipinski definition) is 2. The Labute approximate surface area is 207 Å². The molecule has 1 aliphatic carbocycles. The van der Waals surface area contributed by atoms with Gasteiger partial charge in [-0.3, -0.25) is 4.79 Å². The zero-order chi connectivity index (χ0) is 20.3. The molecule has 31 heavy (non-hydrogen) atoms. The molecule has 2 aliphatic heterocycles. The molecule has 10 heteroatoms. The van der Waals surface area contributed by atoms with E-state index in [4.69, 9.17) is 4.74 Å². The standard InChI is InChI=1S/C21H24FN3O4.ClH.Na.H/c1-29-20-17-13(19(26)14(21(27)28)9-25(17)12-4-5-12)7-15(22)18(20)24-8-11-3-2-6-23-16(11)10-24;;;/h7,9,11-12,16,23H,2-6,8,10H2,1H3,(H,27,28);1H;;/t11-,16+;;;/m0.../s1. The summed E-state index contributed by atoms with van der Waals surface area (Å²) >= 11 is 0. The second-order valence-electron chi connectivity index (χ2n) is 8.32. The SMILES string of the molecule is COc1c(N2C[C@@H]3CCCN[C@@H]3C2)c(F)cc2c(=O)c(C(=O)O)cn(C3CC3)c12.Cl.[NaH]. The fraction of sp³-hybridized carbons (Fsp3) is 0.524. The topological polar surface area (TPSA) is 83.8 Å². The van der Waals surface area contributed by atoms with Crippen molar-refractivity contribution in [2.45, 2.75) is 37.8 Å². The molecule has 7 nitrogen and oxygen atoms in total. The van der Waals surface area contributed by atoms with Gasteiger partial charge in [0.1, 0.15) is 11.3 Å². The number of benzene rings is 1. The molecule has 2 atom stereocenters. The first-order chi connectivity index (χ1) is 14.0. The summed E-state index contributed by atoms with van der Waals surface area (Å²) in [5, 5.41) is 13.0. The van der Waals surface area contributed by atoms with Crippen molar-refractivity contribution in [1.29, 1.82) is 0 Å². The zero-order valence-corrected chi connectivity index (χ0v) is 17.5. The van der Waals surface area contributed by atoms with Gasteiger partial charge in [-0.25, -0.2) is 9.18 Å². The summed E-state index contributed by atoms with van der Waals surface area (Å²) in [6.07, 6.45) is 5.40. The molecule has 0 radical (unpaired) electrons. The summed E-state index contributed by atoms with van der Waals surface area (Å²) in [6.45, 7) is 2.40. The summed E-state index contributed by atoms with van der Waals surface area (Å²) in [7, 11) is 1.48. The molecule has 2 saturated heterocycles. The molecular weight excluding hydrogens is 436 g/mol. The summed E-state index contributed by atoms with van der Waals surface area (Å²) in [5.41, 5.74) is -0.155. The van der Waals surface area contributed by atoms with Gasteiger partial charge in [-0.05, 0) is 44.2 Å². The maximum absolute atomic E-state index is 15.3. The van der Waals surface area contributed by atoms with E-state index in [2.05, 4.69) is 5.32 Å². The molecule has 0 amide bonds. The van der Waals surface area contributed by atoms with Crippen LogP contribution < -0.4 is 20.4 Å². The van der Waals surface area contributed by atoms with Crippen LogP contribution >= 0.6 is 12.4 Å². The Balaban J connectivity index is 0.00000136. The van der Waals surface area contributed by atoms with Crippen LogP contribution in [0, 0.1) is 11.7 Å². The van der Waals surface area contributed by atoms with Gasteiger partial charge in [0.25, 0.3) is 0 Å². The van der Waals surface area contributed by atoms with Crippen LogP contribution in [0.4, 0.5) is 10.1 Å². The van der Waals surface area contributed by atoms with Crippen LogP contribution in [0.2, 0.25) is 0 Å². The molecule has 0 spiro atoms. The van der Waals surface area contributed by atoms with Gasteiger partial charge in [-0.2, -0.15) is 0 Å². The van der Waals surface area contributed by atoms with Crippen LogP contribution in [0.1, 0.15) is 42.1 Å². The van der Waals surface area contributed by atoms with Crippen molar-refractivity contribution in [2.75, 3.05) is 31.6 Å². The number of pyridine rings is 1. The number of halogens is 2. The number of carbonyl (C=O) groups is 1. The molecule has 2 aromatic rings. The molecule has 1 aromatic heterocycles. The van der Waals surface area contributed by atoms with Gasteiger partial charge in [0.15, 0.2) is 11.6 Å². The number of nitrogens with one attached hydrogen (secondary N) is 1. The first-order valence-corrected chi connectivity index (χ1v) is 10.2. The Morgan fingerprint density at radius 3 is 2.65 bits per heavy atom. The van der Waals surface area contributed by atoms with Crippen molar-refractivity contribution in [3.05, 3.63) is 33.9 Å². The molecular formula is C21H26ClFN3NaO4. The van der Waals surface area contributed by atoms with E-state index in [1.807, 2.05) is 4.90 Å². The molecule has 1 aromatic carbocycles. The van der Waals surface area contributed by atoms with E-state index in [9.17, 15) is 14.7 Å². The molecule has 0 unspecified atom stereocenters. The molecule has 2 N–H and O–H groups in total. The Morgan fingerprint density at radius 2 is 2.03 bits per heavy atom. The number of anilines is 1. The quantitative estimate of drug-likeness (QED) is 0.679. The first kappa shape index (κ1) is 24.3. The van der Waals surface area contributed by atoms with E-state index in [-0.39, 0.29) is 59.0 Å². The van der Waals surface area contributed by atoms with Gasteiger partial charge in [0, 0.05) is 31.4 Å². The minimum absolute atomic E-state index is 0. The summed E-state index contributed by atoms with van der Waals surface area (Å²) in [6, 6.07) is 1.62. The van der Waals surface area contributed by atoms with Crippen LogP contribution in [0.25, 0.3) is 10.9 Å². The second kappa shape index (κ2) is 9.27. The number of carboxylic acids is 1. The van der Waals surface area contributed by atoms with Crippen molar-refractivity contribution >= 4 is 64.5 Å². The van der Waals surface area contributed by atoms with Gasteiger partial charge >= 0.3 is 35.5 Å². The monoisotopic (exact) mass is 461 g/mol. The van der Waals surface area contributed by atoms with Gasteiger partial charge in [-0.1, -0.05) is 0 Å². The van der Waals surface area contributed by atoms with E-state index >= 15 is 4.39 Å². The van der Waals surface area contributed by atoms with Crippen molar-refractivity contribution in [3.8, 4) is 5.75 Å². The van der Waals surface area contributed by atoms with Crippen LogP contribution in [-0.4, -0.2) is 78.0 Å². The molecule has 1 saturated carbocycles. The van der Waals surface area contributed by atoms with E-state index < -0.39 is 17.2 Å². The van der Waals surface area contributed by atoms with E-state index in [0.29, 0.717) is 35.5 Å². The molecule has 3 heterocycles. The number of ether oxygens (including phenoxy) is 1. The first-order valence-electron chi connectivity index (χ1n) is 10.2. The third-order valence-corrected chi connectivity index (χ3v) is 6.49. The zero-order valence-electron chi connectivity index (χ0n) is 16.7. The van der Waals surface area contributed by atoms with Crippen molar-refractivity contribution in [1.82, 2.24) is 9.88 Å². The third-order valence-electron chi connectivity index (χ3n) is 6.49. The Hall–Kier alpha value is -1.32. The van der Waals surface area contributed by atoms with Gasteiger partial charge < -0.3 is 24.6 Å². The third kappa shape index (κ3) is 4.09. The average Bonchev–Trinajstić information content (AvgIpc) is 3.45. The number of piperidine rings is 1. The molecule has 3 aliphatic rings. The number of aromatic carboxylic acids is 1. The summed E-state index contributed by atoms with van der Waals surface area (Å²) in [5.74, 6) is -1.07. The fourth-order valence-corrected chi connectivity index (χ4v) is 4.95. The summed E-state index contributed by atoms with van der Waals surface area (Å²) < 4.78 is 22.8. The second-order valence-corrected chi connectivity index (χ2v) is 8.32. The normalized spacial score (nSPS) is 22.5. The molecule has 3 fully saturated rings. The van der Waals surface area contributed by atoms with Crippen LogP contribution in [0.15, 0.2) is 17.1 Å². The van der Waals surface area contributed by atoms with Gasteiger partial charge in [0.2, 0.25) is 5.43 Å². The number of fused-ring (bicyclic) bond motifs is 2. The molecule has 0 bridgehead atoms. The number of nitrogens with zero attached hydrogens (tertiary/aromatic N) is 2. The van der Waals surface area contributed by atoms with E-state index in [0.717, 1.165) is 38.8 Å². The number of hydrogen-bond acceptors (Lipinski definition) is 5. The predicted octanol–water partition coefficient (Wildman–Crippen LogP) is 2.14. The van der Waals surface area contributed by atoms with Gasteiger partial charge in [-0.15, -0.1) is 12.4 Å². The van der Waals surface area contributed by atoms with E-state index in [1.54, 1.807) is 4.57 Å². The van der Waals surface area contributed by atoms with Crippen LogP contribution in [-0.2, 0) is 0 Å². The van der Waals surface area contributed by atoms with E-state index in [1.165, 1.54) is 19.4 Å². The molecule has 164 valence electrons. The van der Waals surface area contributed by atoms with Crippen molar-refractivity contribution in [3.63, 3.8) is 0 Å². The summed E-state index contributed by atoms with van der Waals surface area (Å²) in [4.78, 5) is 26.4. The van der Waals surface area contributed by atoms with Crippen molar-refractivity contribution < 1.29 is 19.0 Å². The number of methoxy groups -OCH3 is 1. The van der Waals surface area contributed by atoms with Gasteiger partial charge in [0.05, 0.1) is 18.0 Å². The Kier molecular flexibility index (Phi) is 7.28. The Bertz CT molecular complexity index is 1060. The minimum atomic E-state index is -1.30. The number of aromatic nitrogens is 1. The fourth-order valence-electron chi connectivity index (χ4n) is 4.95. The number of carboxylic acid groups (broad SMARTS) is 1. The van der Waals surface area contributed by atoms with Crippen molar-refractivity contribution in [2.24, 2.45) is 5.92 Å². The van der Waals surface area contributed by atoms with Crippen LogP contribution in [0.5, 0.6) is 5.75 Å². The van der Waals surface area contributed by atoms with Crippen LogP contribution in [0.3, 0.4) is 0 Å². The average molecular weight is 462 g/mol. The molecule has 5 rings (SSSR count). The maximum atomic E-state index is 15.3. The predicted molar refractivity (Wildman–Crippen MR) is 121 cm³/mol. The number of rotatable bonds is 4.